The third kappa shape index (κ3) is 2.26. The summed E-state index contributed by atoms with van der Waals surface area (Å²) in [5.74, 6) is 0. The van der Waals surface area contributed by atoms with Crippen LogP contribution in [0.2, 0.25) is 0 Å². The van der Waals surface area contributed by atoms with Crippen LogP contribution in [0.5, 0.6) is 0 Å². The fourth-order valence-corrected chi connectivity index (χ4v) is 1.96. The highest BCUT2D eigenvalue weighted by Crippen LogP contribution is 2.23. The summed E-state index contributed by atoms with van der Waals surface area (Å²) in [5.41, 5.74) is 8.10. The highest BCUT2D eigenvalue weighted by atomic mass is 35.5. The Bertz CT molecular complexity index is 491. The normalized spacial score (nSPS) is 9.81. The maximum Gasteiger partial charge on any atom is -0.00365 e. The van der Waals surface area contributed by atoms with Gasteiger partial charge in [0.2, 0.25) is 0 Å². The highest BCUT2D eigenvalue weighted by Gasteiger charge is 2.03. The zero-order valence-electron chi connectivity index (χ0n) is 9.15. The highest BCUT2D eigenvalue weighted by molar-refractivity contribution is 5.91. The van der Waals surface area contributed by atoms with E-state index in [1.165, 1.54) is 21.9 Å². The molecule has 0 fully saturated rings. The van der Waals surface area contributed by atoms with Crippen molar-refractivity contribution in [3.63, 3.8) is 0 Å². The summed E-state index contributed by atoms with van der Waals surface area (Å²) in [6, 6.07) is 12.7. The molecular formula is C14H16ClN. The van der Waals surface area contributed by atoms with Gasteiger partial charge in [-0.25, -0.2) is 0 Å². The molecule has 0 aliphatic heterocycles. The number of benzene rings is 2. The first kappa shape index (κ1) is 12.8. The van der Waals surface area contributed by atoms with Crippen LogP contribution in [-0.2, 0) is 6.42 Å². The Morgan fingerprint density at radius 3 is 2.56 bits per heavy atom. The Kier molecular flexibility index (Phi) is 4.53. The molecular weight excluding hydrogens is 218 g/mol. The van der Waals surface area contributed by atoms with Gasteiger partial charge in [-0.3, -0.25) is 0 Å². The van der Waals surface area contributed by atoms with Crippen LogP contribution >= 0.6 is 12.4 Å². The van der Waals surface area contributed by atoms with E-state index in [9.17, 15) is 0 Å². The summed E-state index contributed by atoms with van der Waals surface area (Å²) < 4.78 is 0. The Hall–Kier alpha value is -1.31. The molecule has 2 N–H and O–H groups in total. The fraction of sp³-hybridized carbons (Fsp3) is 0.143. The number of hydrogen-bond acceptors (Lipinski definition) is 1. The third-order valence-electron chi connectivity index (χ3n) is 2.68. The fourth-order valence-electron chi connectivity index (χ4n) is 1.96. The molecule has 2 rings (SSSR count). The lowest BCUT2D eigenvalue weighted by atomic mass is 9.97. The van der Waals surface area contributed by atoms with Crippen LogP contribution in [0.4, 0.5) is 0 Å². The lowest BCUT2D eigenvalue weighted by Gasteiger charge is -2.08. The van der Waals surface area contributed by atoms with E-state index in [0.29, 0.717) is 6.54 Å². The minimum Gasteiger partial charge on any atom is -0.330 e. The molecule has 0 radical (unpaired) electrons. The first-order valence-corrected chi connectivity index (χ1v) is 5.20. The molecule has 0 heterocycles. The lowest BCUT2D eigenvalue weighted by Crippen LogP contribution is -2.04. The van der Waals surface area contributed by atoms with Crippen molar-refractivity contribution in [2.45, 2.75) is 6.42 Å². The Labute approximate surface area is 102 Å². The minimum atomic E-state index is 0. The smallest absolute Gasteiger partial charge is 0.00365 e. The number of nitrogens with two attached hydrogens (primary N) is 1. The van der Waals surface area contributed by atoms with E-state index >= 15 is 0 Å². The first-order chi connectivity index (χ1) is 7.36. The molecule has 0 amide bonds. The molecule has 2 aromatic carbocycles. The van der Waals surface area contributed by atoms with Gasteiger partial charge in [-0.2, -0.15) is 0 Å². The molecule has 0 bridgehead atoms. The largest absolute Gasteiger partial charge is 0.330 e. The SMILES string of the molecule is C=Cc1c(CCN)ccc2ccccc12.Cl. The van der Waals surface area contributed by atoms with E-state index in [-0.39, 0.29) is 12.4 Å². The van der Waals surface area contributed by atoms with Gasteiger partial charge in [0.15, 0.2) is 0 Å². The average molecular weight is 234 g/mol. The second kappa shape index (κ2) is 5.69. The van der Waals surface area contributed by atoms with Crippen LogP contribution in [0.15, 0.2) is 43.0 Å². The van der Waals surface area contributed by atoms with Gasteiger partial charge in [0.25, 0.3) is 0 Å². The summed E-state index contributed by atoms with van der Waals surface area (Å²) in [6.07, 6.45) is 2.83. The molecule has 2 aromatic rings. The van der Waals surface area contributed by atoms with Gasteiger partial charge < -0.3 is 5.73 Å². The second-order valence-corrected chi connectivity index (χ2v) is 3.60. The number of hydrogen-bond donors (Lipinski definition) is 1. The lowest BCUT2D eigenvalue weighted by molar-refractivity contribution is 0.968. The van der Waals surface area contributed by atoms with Crippen LogP contribution in [0.3, 0.4) is 0 Å². The monoisotopic (exact) mass is 233 g/mol. The predicted molar refractivity (Wildman–Crippen MR) is 74.0 cm³/mol. The van der Waals surface area contributed by atoms with Crippen LogP contribution in [0.25, 0.3) is 16.8 Å². The van der Waals surface area contributed by atoms with E-state index in [4.69, 9.17) is 5.73 Å². The predicted octanol–water partition coefficient (Wildman–Crippen LogP) is 3.41. The minimum absolute atomic E-state index is 0. The first-order valence-electron chi connectivity index (χ1n) is 5.20. The topological polar surface area (TPSA) is 26.0 Å². The second-order valence-electron chi connectivity index (χ2n) is 3.60. The van der Waals surface area contributed by atoms with Crippen molar-refractivity contribution in [3.05, 3.63) is 54.1 Å². The standard InChI is InChI=1S/C14H15N.ClH/c1-2-13-12(9-10-15)8-7-11-5-3-4-6-14(11)13;/h2-8H,1,9-10,15H2;1H. The van der Waals surface area contributed by atoms with E-state index in [0.717, 1.165) is 6.42 Å². The summed E-state index contributed by atoms with van der Waals surface area (Å²) >= 11 is 0. The van der Waals surface area contributed by atoms with Gasteiger partial charge in [0.05, 0.1) is 0 Å². The van der Waals surface area contributed by atoms with Crippen molar-refractivity contribution >= 4 is 29.3 Å². The summed E-state index contributed by atoms with van der Waals surface area (Å²) in [6.45, 7) is 4.56. The summed E-state index contributed by atoms with van der Waals surface area (Å²) in [7, 11) is 0. The van der Waals surface area contributed by atoms with Crippen molar-refractivity contribution in [2.24, 2.45) is 5.73 Å². The number of fused-ring (bicyclic) bond motifs is 1. The molecule has 1 nitrogen and oxygen atoms in total. The van der Waals surface area contributed by atoms with Crippen molar-refractivity contribution in [1.82, 2.24) is 0 Å². The van der Waals surface area contributed by atoms with Gasteiger partial charge in [-0.1, -0.05) is 49.1 Å². The van der Waals surface area contributed by atoms with Crippen LogP contribution in [-0.4, -0.2) is 6.54 Å². The molecule has 0 unspecified atom stereocenters. The van der Waals surface area contributed by atoms with Gasteiger partial charge in [-0.15, -0.1) is 12.4 Å². The maximum atomic E-state index is 5.59. The number of rotatable bonds is 3. The Morgan fingerprint density at radius 2 is 1.88 bits per heavy atom. The van der Waals surface area contributed by atoms with Crippen LogP contribution in [0.1, 0.15) is 11.1 Å². The van der Waals surface area contributed by atoms with Crippen molar-refractivity contribution in [2.75, 3.05) is 6.54 Å². The molecule has 0 spiro atoms. The molecule has 0 aliphatic rings. The maximum absolute atomic E-state index is 5.59. The third-order valence-corrected chi connectivity index (χ3v) is 2.68. The average Bonchev–Trinajstić information content (AvgIpc) is 2.29. The zero-order valence-corrected chi connectivity index (χ0v) is 9.96. The molecule has 84 valence electrons. The molecule has 0 saturated heterocycles. The molecule has 0 saturated carbocycles. The van der Waals surface area contributed by atoms with Gasteiger partial charge in [0, 0.05) is 0 Å². The summed E-state index contributed by atoms with van der Waals surface area (Å²) in [5, 5.41) is 2.52. The van der Waals surface area contributed by atoms with E-state index in [2.05, 4.69) is 43.0 Å². The van der Waals surface area contributed by atoms with Crippen molar-refractivity contribution < 1.29 is 0 Å². The quantitative estimate of drug-likeness (QED) is 0.864. The molecule has 0 atom stereocenters. The number of halogens is 1. The molecule has 2 heteroatoms. The molecule has 16 heavy (non-hydrogen) atoms. The van der Waals surface area contributed by atoms with Crippen molar-refractivity contribution in [3.8, 4) is 0 Å². The van der Waals surface area contributed by atoms with Gasteiger partial charge >= 0.3 is 0 Å². The van der Waals surface area contributed by atoms with Crippen LogP contribution < -0.4 is 5.73 Å². The zero-order chi connectivity index (χ0) is 10.7. The van der Waals surface area contributed by atoms with Crippen LogP contribution in [0, 0.1) is 0 Å². The van der Waals surface area contributed by atoms with Crippen molar-refractivity contribution in [1.29, 1.82) is 0 Å². The summed E-state index contributed by atoms with van der Waals surface area (Å²) in [4.78, 5) is 0. The van der Waals surface area contributed by atoms with Gasteiger partial charge in [-0.05, 0) is 34.9 Å². The Morgan fingerprint density at radius 1 is 1.12 bits per heavy atom. The van der Waals surface area contributed by atoms with E-state index < -0.39 is 0 Å². The van der Waals surface area contributed by atoms with Gasteiger partial charge in [0.1, 0.15) is 0 Å². The molecule has 0 aliphatic carbocycles. The molecule has 0 aromatic heterocycles. The van der Waals surface area contributed by atoms with E-state index in [1.54, 1.807) is 0 Å². The van der Waals surface area contributed by atoms with E-state index in [1.807, 2.05) is 6.08 Å². The Balaban J connectivity index is 0.00000128.